The maximum Gasteiger partial charge on any atom is 0.317 e. The van der Waals surface area contributed by atoms with E-state index < -0.39 is 0 Å². The molecular formula is C14H19FN4O. The van der Waals surface area contributed by atoms with E-state index in [9.17, 15) is 9.18 Å². The van der Waals surface area contributed by atoms with Crippen molar-refractivity contribution >= 4 is 6.03 Å². The molecule has 1 aromatic rings. The fraction of sp³-hybridized carbons (Fsp3) is 0.500. The van der Waals surface area contributed by atoms with Gasteiger partial charge in [-0.2, -0.15) is 0 Å². The Morgan fingerprint density at radius 3 is 3.00 bits per heavy atom. The average molecular weight is 278 g/mol. The Hall–Kier alpha value is -1.66. The predicted octanol–water partition coefficient (Wildman–Crippen LogP) is 0.494. The average Bonchev–Trinajstić information content (AvgIpc) is 2.82. The van der Waals surface area contributed by atoms with E-state index >= 15 is 0 Å². The zero-order valence-corrected chi connectivity index (χ0v) is 11.3. The molecule has 2 heterocycles. The number of halogens is 1. The number of carbonyl (C=O) groups excluding carboxylic acids is 1. The minimum atomic E-state index is -0.198. The lowest BCUT2D eigenvalue weighted by Gasteiger charge is -2.36. The highest BCUT2D eigenvalue weighted by atomic mass is 19.1. The van der Waals surface area contributed by atoms with Crippen molar-refractivity contribution < 1.29 is 9.18 Å². The van der Waals surface area contributed by atoms with Gasteiger partial charge < -0.3 is 16.0 Å². The van der Waals surface area contributed by atoms with E-state index in [2.05, 4.69) is 10.2 Å². The number of nitrogens with one attached hydrogen (secondary N) is 1. The monoisotopic (exact) mass is 278 g/mol. The minimum absolute atomic E-state index is 0.0214. The highest BCUT2D eigenvalue weighted by Crippen LogP contribution is 2.18. The van der Waals surface area contributed by atoms with E-state index in [1.807, 2.05) is 17.0 Å². The number of hydrogen-bond donors (Lipinski definition) is 2. The van der Waals surface area contributed by atoms with Crippen LogP contribution < -0.4 is 11.1 Å². The smallest absolute Gasteiger partial charge is 0.317 e. The number of urea groups is 1. The molecule has 1 atom stereocenters. The first-order chi connectivity index (χ1) is 9.67. The van der Waals surface area contributed by atoms with Gasteiger partial charge in [-0.1, -0.05) is 12.1 Å². The third kappa shape index (κ3) is 2.48. The van der Waals surface area contributed by atoms with E-state index in [-0.39, 0.29) is 17.9 Å². The van der Waals surface area contributed by atoms with Crippen LogP contribution in [0.3, 0.4) is 0 Å². The molecule has 0 aliphatic carbocycles. The van der Waals surface area contributed by atoms with E-state index in [1.54, 1.807) is 0 Å². The highest BCUT2D eigenvalue weighted by Gasteiger charge is 2.35. The number of benzene rings is 1. The largest absolute Gasteiger partial charge is 0.336 e. The SMILES string of the molecule is NCc1ccc(CN2CCN3C(=O)NCC3C2)c(F)c1. The lowest BCUT2D eigenvalue weighted by atomic mass is 10.1. The second-order valence-corrected chi connectivity index (χ2v) is 5.40. The topological polar surface area (TPSA) is 61.6 Å². The fourth-order valence-electron chi connectivity index (χ4n) is 2.90. The summed E-state index contributed by atoms with van der Waals surface area (Å²) in [6.07, 6.45) is 0. The number of fused-ring (bicyclic) bond motifs is 1. The molecule has 0 radical (unpaired) electrons. The van der Waals surface area contributed by atoms with Gasteiger partial charge in [0.2, 0.25) is 0 Å². The summed E-state index contributed by atoms with van der Waals surface area (Å²) in [5, 5.41) is 2.84. The Bertz CT molecular complexity index is 522. The molecule has 1 unspecified atom stereocenters. The van der Waals surface area contributed by atoms with Crippen molar-refractivity contribution in [2.45, 2.75) is 19.1 Å². The summed E-state index contributed by atoms with van der Waals surface area (Å²) >= 11 is 0. The third-order valence-corrected chi connectivity index (χ3v) is 4.06. The summed E-state index contributed by atoms with van der Waals surface area (Å²) in [5.74, 6) is -0.198. The molecule has 0 bridgehead atoms. The van der Waals surface area contributed by atoms with Crippen LogP contribution in [0.15, 0.2) is 18.2 Å². The number of piperazine rings is 1. The number of nitrogens with two attached hydrogens (primary N) is 1. The van der Waals surface area contributed by atoms with Crippen LogP contribution in [-0.4, -0.2) is 48.1 Å². The van der Waals surface area contributed by atoms with E-state index in [0.717, 1.165) is 18.7 Å². The quantitative estimate of drug-likeness (QED) is 0.846. The molecule has 0 aromatic heterocycles. The molecule has 6 heteroatoms. The Morgan fingerprint density at radius 2 is 2.25 bits per heavy atom. The zero-order valence-electron chi connectivity index (χ0n) is 11.3. The Kier molecular flexibility index (Phi) is 3.58. The van der Waals surface area contributed by atoms with Crippen LogP contribution in [0.25, 0.3) is 0 Å². The lowest BCUT2D eigenvalue weighted by Crippen LogP contribution is -2.51. The van der Waals surface area contributed by atoms with Crippen molar-refractivity contribution in [3.05, 3.63) is 35.1 Å². The molecule has 2 aliphatic heterocycles. The van der Waals surface area contributed by atoms with Gasteiger partial charge in [0.1, 0.15) is 5.82 Å². The third-order valence-electron chi connectivity index (χ3n) is 4.06. The van der Waals surface area contributed by atoms with Crippen LogP contribution in [0.4, 0.5) is 9.18 Å². The van der Waals surface area contributed by atoms with Crippen molar-refractivity contribution in [3.8, 4) is 0 Å². The van der Waals surface area contributed by atoms with Gasteiger partial charge in [0.15, 0.2) is 0 Å². The molecular weight excluding hydrogens is 259 g/mol. The van der Waals surface area contributed by atoms with Crippen LogP contribution in [0, 0.1) is 5.82 Å². The minimum Gasteiger partial charge on any atom is -0.336 e. The molecule has 1 aromatic carbocycles. The molecule has 2 aliphatic rings. The molecule has 2 fully saturated rings. The summed E-state index contributed by atoms with van der Waals surface area (Å²) in [4.78, 5) is 15.6. The second kappa shape index (κ2) is 5.38. The summed E-state index contributed by atoms with van der Waals surface area (Å²) in [6, 6.07) is 5.42. The van der Waals surface area contributed by atoms with Crippen LogP contribution >= 0.6 is 0 Å². The molecule has 3 N–H and O–H groups in total. The number of hydrogen-bond acceptors (Lipinski definition) is 3. The van der Waals surface area contributed by atoms with Crippen LogP contribution in [-0.2, 0) is 13.1 Å². The van der Waals surface area contributed by atoms with Gasteiger partial charge in [-0.15, -0.1) is 0 Å². The van der Waals surface area contributed by atoms with Crippen LogP contribution in [0.5, 0.6) is 0 Å². The summed E-state index contributed by atoms with van der Waals surface area (Å²) < 4.78 is 14.0. The fourth-order valence-corrected chi connectivity index (χ4v) is 2.90. The first-order valence-corrected chi connectivity index (χ1v) is 6.91. The normalized spacial score (nSPS) is 22.8. The number of nitrogens with zero attached hydrogens (tertiary/aromatic N) is 2. The molecule has 108 valence electrons. The highest BCUT2D eigenvalue weighted by molar-refractivity contribution is 5.77. The standard InChI is InChI=1S/C14H19FN4O/c15-13-5-10(6-16)1-2-11(13)8-18-3-4-19-12(9-18)7-17-14(19)20/h1-2,5,12H,3-4,6-9,16H2,(H,17,20). The van der Waals surface area contributed by atoms with E-state index in [1.165, 1.54) is 6.07 Å². The molecule has 0 saturated carbocycles. The van der Waals surface area contributed by atoms with Crippen LogP contribution in [0.2, 0.25) is 0 Å². The summed E-state index contributed by atoms with van der Waals surface area (Å²) in [6.45, 7) is 3.89. The van der Waals surface area contributed by atoms with Crippen molar-refractivity contribution in [2.24, 2.45) is 5.73 Å². The lowest BCUT2D eigenvalue weighted by molar-refractivity contribution is 0.116. The zero-order chi connectivity index (χ0) is 14.1. The van der Waals surface area contributed by atoms with Crippen LogP contribution in [0.1, 0.15) is 11.1 Å². The van der Waals surface area contributed by atoms with Crippen molar-refractivity contribution in [3.63, 3.8) is 0 Å². The first-order valence-electron chi connectivity index (χ1n) is 6.91. The summed E-state index contributed by atoms with van der Waals surface area (Å²) in [7, 11) is 0. The predicted molar refractivity (Wildman–Crippen MR) is 73.5 cm³/mol. The van der Waals surface area contributed by atoms with E-state index in [4.69, 9.17) is 5.73 Å². The van der Waals surface area contributed by atoms with Crippen molar-refractivity contribution in [1.82, 2.24) is 15.1 Å². The van der Waals surface area contributed by atoms with Gasteiger partial charge in [0.05, 0.1) is 6.04 Å². The maximum absolute atomic E-state index is 14.0. The molecule has 0 spiro atoms. The van der Waals surface area contributed by atoms with Crippen molar-refractivity contribution in [1.29, 1.82) is 0 Å². The number of amides is 2. The molecule has 20 heavy (non-hydrogen) atoms. The maximum atomic E-state index is 14.0. The van der Waals surface area contributed by atoms with Gasteiger partial charge in [-0.25, -0.2) is 9.18 Å². The molecule has 5 nitrogen and oxygen atoms in total. The molecule has 2 amide bonds. The molecule has 2 saturated heterocycles. The first kappa shape index (κ1) is 13.3. The second-order valence-electron chi connectivity index (χ2n) is 5.40. The van der Waals surface area contributed by atoms with Crippen molar-refractivity contribution in [2.75, 3.05) is 26.2 Å². The Balaban J connectivity index is 1.65. The van der Waals surface area contributed by atoms with Gasteiger partial charge in [0.25, 0.3) is 0 Å². The van der Waals surface area contributed by atoms with Gasteiger partial charge in [0, 0.05) is 44.8 Å². The molecule has 3 rings (SSSR count). The Morgan fingerprint density at radius 1 is 1.40 bits per heavy atom. The Labute approximate surface area is 117 Å². The van der Waals surface area contributed by atoms with Gasteiger partial charge in [-0.3, -0.25) is 4.90 Å². The number of rotatable bonds is 3. The number of carbonyl (C=O) groups is 1. The van der Waals surface area contributed by atoms with Gasteiger partial charge in [-0.05, 0) is 11.6 Å². The van der Waals surface area contributed by atoms with Gasteiger partial charge >= 0.3 is 6.03 Å². The van der Waals surface area contributed by atoms with E-state index in [0.29, 0.717) is 31.7 Å². The summed E-state index contributed by atoms with van der Waals surface area (Å²) in [5.41, 5.74) is 7.00.